The van der Waals surface area contributed by atoms with E-state index in [4.69, 9.17) is 18.5 Å². The van der Waals surface area contributed by atoms with Crippen LogP contribution in [0.4, 0.5) is 0 Å². The lowest BCUT2D eigenvalue weighted by Gasteiger charge is -2.16. The van der Waals surface area contributed by atoms with Crippen molar-refractivity contribution >= 4 is 14.7 Å². The van der Waals surface area contributed by atoms with Crippen LogP contribution < -0.4 is 9.05 Å². The van der Waals surface area contributed by atoms with Gasteiger partial charge in [0, 0.05) is 13.3 Å². The van der Waals surface area contributed by atoms with E-state index in [0.29, 0.717) is 11.5 Å². The highest BCUT2D eigenvalue weighted by Gasteiger charge is 2.19. The number of para-hydroxylation sites is 2. The second-order valence-electron chi connectivity index (χ2n) is 7.53. The van der Waals surface area contributed by atoms with E-state index in [1.165, 1.54) is 0 Å². The van der Waals surface area contributed by atoms with Gasteiger partial charge in [-0.15, -0.1) is 0 Å². The predicted molar refractivity (Wildman–Crippen MR) is 123 cm³/mol. The fourth-order valence-electron chi connectivity index (χ4n) is 2.03. The van der Waals surface area contributed by atoms with Crippen molar-refractivity contribution in [3.8, 4) is 11.5 Å². The zero-order chi connectivity index (χ0) is 22.6. The molecular formula is C22H34O6P2. The molecule has 2 unspecified atom stereocenters. The molecule has 0 fully saturated rings. The van der Waals surface area contributed by atoms with Crippen molar-refractivity contribution in [1.82, 2.24) is 0 Å². The Hall–Kier alpha value is -1.58. The highest BCUT2D eigenvalue weighted by atomic mass is 31.2. The molecule has 0 bridgehead atoms. The Morgan fingerprint density at radius 2 is 0.933 bits per heavy atom. The minimum absolute atomic E-state index is 0.0673. The molecule has 0 aliphatic carbocycles. The average molecular weight is 456 g/mol. The Balaban J connectivity index is 0.000000300. The standard InChI is InChI=1S/2C11H17O3P/c2*1-10(2)13-9-15(3,12)14-11-7-5-4-6-8-11/h2*4-8,10H,9H2,1-3H3. The highest BCUT2D eigenvalue weighted by Crippen LogP contribution is 2.43. The van der Waals surface area contributed by atoms with Gasteiger partial charge in [0.2, 0.25) is 0 Å². The topological polar surface area (TPSA) is 71.1 Å². The maximum Gasteiger partial charge on any atom is 0.269 e. The van der Waals surface area contributed by atoms with Crippen LogP contribution in [0.3, 0.4) is 0 Å². The van der Waals surface area contributed by atoms with Gasteiger partial charge in [0.05, 0.1) is 12.2 Å². The molecule has 0 radical (unpaired) electrons. The molecule has 0 aliphatic rings. The molecule has 0 spiro atoms. The third-order valence-corrected chi connectivity index (χ3v) is 5.80. The molecule has 8 heteroatoms. The van der Waals surface area contributed by atoms with Gasteiger partial charge in [-0.1, -0.05) is 36.4 Å². The Bertz CT molecular complexity index is 739. The predicted octanol–water partition coefficient (Wildman–Crippen LogP) is 6.71. The van der Waals surface area contributed by atoms with Gasteiger partial charge in [0.1, 0.15) is 24.2 Å². The third-order valence-electron chi connectivity index (χ3n) is 3.37. The van der Waals surface area contributed by atoms with Crippen molar-refractivity contribution in [1.29, 1.82) is 0 Å². The normalized spacial score (nSPS) is 14.9. The minimum atomic E-state index is -2.69. The van der Waals surface area contributed by atoms with E-state index in [1.807, 2.05) is 64.1 Å². The van der Waals surface area contributed by atoms with Gasteiger partial charge in [0.15, 0.2) is 0 Å². The van der Waals surface area contributed by atoms with Crippen molar-refractivity contribution in [2.45, 2.75) is 39.9 Å². The summed E-state index contributed by atoms with van der Waals surface area (Å²) in [4.78, 5) is 0. The second kappa shape index (κ2) is 13.0. The van der Waals surface area contributed by atoms with Crippen LogP contribution in [0.1, 0.15) is 27.7 Å². The van der Waals surface area contributed by atoms with Crippen molar-refractivity contribution < 1.29 is 27.7 Å². The first kappa shape index (κ1) is 26.5. The average Bonchev–Trinajstić information content (AvgIpc) is 2.67. The van der Waals surface area contributed by atoms with Crippen LogP contribution in [0.25, 0.3) is 0 Å². The number of benzene rings is 2. The number of ether oxygens (including phenoxy) is 2. The van der Waals surface area contributed by atoms with Crippen LogP contribution in [0.2, 0.25) is 0 Å². The maximum atomic E-state index is 11.9. The van der Waals surface area contributed by atoms with Crippen molar-refractivity contribution in [2.75, 3.05) is 26.0 Å². The molecule has 2 rings (SSSR count). The van der Waals surface area contributed by atoms with Gasteiger partial charge in [-0.25, -0.2) is 0 Å². The molecule has 2 aromatic carbocycles. The number of hydrogen-bond acceptors (Lipinski definition) is 6. The summed E-state index contributed by atoms with van der Waals surface area (Å²) in [6, 6.07) is 18.3. The van der Waals surface area contributed by atoms with E-state index >= 15 is 0 Å². The monoisotopic (exact) mass is 456 g/mol. The fraction of sp³-hybridized carbons (Fsp3) is 0.455. The first-order valence-corrected chi connectivity index (χ1v) is 14.4. The molecule has 6 nitrogen and oxygen atoms in total. The molecule has 2 aromatic rings. The second-order valence-corrected chi connectivity index (χ2v) is 12.5. The molecule has 0 saturated carbocycles. The largest absolute Gasteiger partial charge is 0.441 e. The van der Waals surface area contributed by atoms with E-state index in [-0.39, 0.29) is 24.9 Å². The van der Waals surface area contributed by atoms with Gasteiger partial charge in [-0.05, 0) is 52.0 Å². The zero-order valence-electron chi connectivity index (χ0n) is 18.7. The molecular weight excluding hydrogens is 422 g/mol. The molecule has 0 aromatic heterocycles. The highest BCUT2D eigenvalue weighted by molar-refractivity contribution is 7.58. The molecule has 0 amide bonds. The van der Waals surface area contributed by atoms with E-state index in [2.05, 4.69) is 0 Å². The Kier molecular flexibility index (Phi) is 11.4. The molecule has 30 heavy (non-hydrogen) atoms. The Labute approximate surface area is 180 Å². The van der Waals surface area contributed by atoms with E-state index in [0.717, 1.165) is 0 Å². The lowest BCUT2D eigenvalue weighted by Crippen LogP contribution is -2.06. The first-order chi connectivity index (χ1) is 14.0. The lowest BCUT2D eigenvalue weighted by molar-refractivity contribution is 0.110. The quantitative estimate of drug-likeness (QED) is 0.370. The fourth-order valence-corrected chi connectivity index (χ4v) is 4.41. The van der Waals surface area contributed by atoms with E-state index in [1.54, 1.807) is 37.6 Å². The van der Waals surface area contributed by atoms with E-state index < -0.39 is 14.7 Å². The van der Waals surface area contributed by atoms with Gasteiger partial charge >= 0.3 is 0 Å². The molecule has 0 aliphatic heterocycles. The van der Waals surface area contributed by atoms with Crippen molar-refractivity contribution in [2.24, 2.45) is 0 Å². The number of rotatable bonds is 10. The van der Waals surface area contributed by atoms with Crippen LogP contribution in [-0.2, 0) is 18.6 Å². The summed E-state index contributed by atoms with van der Waals surface area (Å²) in [5.74, 6) is 1.24. The van der Waals surface area contributed by atoms with Crippen LogP contribution in [0.15, 0.2) is 60.7 Å². The lowest BCUT2D eigenvalue weighted by atomic mass is 10.3. The Morgan fingerprint density at radius 1 is 0.633 bits per heavy atom. The molecule has 0 saturated heterocycles. The number of hydrogen-bond donors (Lipinski definition) is 0. The summed E-state index contributed by atoms with van der Waals surface area (Å²) in [5, 5.41) is 0. The smallest absolute Gasteiger partial charge is 0.269 e. The summed E-state index contributed by atoms with van der Waals surface area (Å²) in [6.45, 7) is 10.8. The summed E-state index contributed by atoms with van der Waals surface area (Å²) < 4.78 is 45.2. The Morgan fingerprint density at radius 3 is 1.20 bits per heavy atom. The van der Waals surface area contributed by atoms with Crippen LogP contribution >= 0.6 is 14.7 Å². The molecule has 0 heterocycles. The maximum absolute atomic E-state index is 11.9. The molecule has 0 N–H and O–H groups in total. The van der Waals surface area contributed by atoms with Crippen LogP contribution in [-0.4, -0.2) is 38.2 Å². The summed E-state index contributed by atoms with van der Waals surface area (Å²) in [5.41, 5.74) is 0. The minimum Gasteiger partial charge on any atom is -0.441 e. The van der Waals surface area contributed by atoms with Gasteiger partial charge in [-0.3, -0.25) is 9.13 Å². The van der Waals surface area contributed by atoms with Crippen molar-refractivity contribution in [3.05, 3.63) is 60.7 Å². The zero-order valence-corrected chi connectivity index (χ0v) is 20.5. The molecule has 2 atom stereocenters. The summed E-state index contributed by atoms with van der Waals surface area (Å²) in [7, 11) is -5.38. The molecule has 168 valence electrons. The van der Waals surface area contributed by atoms with Gasteiger partial charge in [0.25, 0.3) is 14.7 Å². The third kappa shape index (κ3) is 12.9. The van der Waals surface area contributed by atoms with Crippen LogP contribution in [0.5, 0.6) is 11.5 Å². The van der Waals surface area contributed by atoms with E-state index in [9.17, 15) is 9.13 Å². The van der Waals surface area contributed by atoms with Gasteiger partial charge in [-0.2, -0.15) is 0 Å². The van der Waals surface area contributed by atoms with Crippen molar-refractivity contribution in [3.63, 3.8) is 0 Å². The van der Waals surface area contributed by atoms with Crippen LogP contribution in [0, 0.1) is 0 Å². The summed E-state index contributed by atoms with van der Waals surface area (Å²) >= 11 is 0. The summed E-state index contributed by atoms with van der Waals surface area (Å²) in [6.07, 6.45) is 0.439. The van der Waals surface area contributed by atoms with Gasteiger partial charge < -0.3 is 18.5 Å². The first-order valence-electron chi connectivity index (χ1n) is 9.84. The SMILES string of the molecule is CC(C)OCP(C)(=O)Oc1ccccc1.CC(C)OCP(C)(=O)Oc1ccccc1.